The van der Waals surface area contributed by atoms with E-state index >= 15 is 0 Å². The highest BCUT2D eigenvalue weighted by atomic mass is 32.1. The van der Waals surface area contributed by atoms with Crippen molar-refractivity contribution in [2.75, 3.05) is 0 Å². The summed E-state index contributed by atoms with van der Waals surface area (Å²) in [6.07, 6.45) is 26.6. The maximum Gasteiger partial charge on any atom is 0.164 e. The van der Waals surface area contributed by atoms with Crippen molar-refractivity contribution in [2.45, 2.75) is 37.0 Å². The lowest BCUT2D eigenvalue weighted by atomic mass is 9.88. The van der Waals surface area contributed by atoms with Crippen LogP contribution in [-0.4, -0.2) is 39.9 Å². The molecule has 2 aliphatic heterocycles. The quantitative estimate of drug-likeness (QED) is 0.182. The number of nitrogens with one attached hydrogen (secondary N) is 2. The van der Waals surface area contributed by atoms with Crippen molar-refractivity contribution in [3.8, 4) is 10.4 Å². The van der Waals surface area contributed by atoms with Gasteiger partial charge in [-0.3, -0.25) is 0 Å². The van der Waals surface area contributed by atoms with Gasteiger partial charge in [0.2, 0.25) is 0 Å². The smallest absolute Gasteiger partial charge is 0.164 e. The Balaban J connectivity index is 1.14. The molecule has 8 aromatic rings. The highest BCUT2D eigenvalue weighted by Crippen LogP contribution is 2.44. The van der Waals surface area contributed by atoms with Crippen molar-refractivity contribution in [1.29, 1.82) is 0 Å². The normalized spacial score (nSPS) is 21.9. The minimum atomic E-state index is -0.342. The van der Waals surface area contributed by atoms with Crippen LogP contribution in [0.15, 0.2) is 149 Å². The van der Waals surface area contributed by atoms with Gasteiger partial charge in [-0.15, -0.1) is 45.3 Å². The number of rotatable bonds is 4. The molecule has 5 aliphatic rings. The van der Waals surface area contributed by atoms with Crippen molar-refractivity contribution >= 4 is 113 Å². The van der Waals surface area contributed by atoms with E-state index in [1.165, 1.54) is 14.6 Å². The van der Waals surface area contributed by atoms with E-state index in [1.54, 1.807) is 45.3 Å². The van der Waals surface area contributed by atoms with Gasteiger partial charge in [0, 0.05) is 85.5 Å². The Kier molecular flexibility index (Phi) is 8.82. The SMILES string of the molecule is CC1(c2cccs2)C=CC2=C(C=C1)c1nc2nc2[nH]c(nc3nc(nc4[nH]c(n1)c1cccc(-c5cccs5)c41)C1=C3C=CC(C)(c3cccs3)C=C1)c1c2C=CC(C)(c2cccs2)C=C1. The van der Waals surface area contributed by atoms with Crippen molar-refractivity contribution in [2.24, 2.45) is 0 Å². The largest absolute Gasteiger partial charge is 0.324 e. The van der Waals surface area contributed by atoms with Crippen LogP contribution in [-0.2, 0) is 16.2 Å². The molecule has 12 heteroatoms. The number of hydrogen-bond donors (Lipinski definition) is 2. The Morgan fingerprint density at radius 1 is 0.394 bits per heavy atom. The number of H-pyrrole nitrogens is 2. The summed E-state index contributed by atoms with van der Waals surface area (Å²) in [6, 6.07) is 23.5. The van der Waals surface area contributed by atoms with E-state index in [-0.39, 0.29) is 16.2 Å². The van der Waals surface area contributed by atoms with Gasteiger partial charge in [0.05, 0.1) is 0 Å². The number of aromatic nitrogens is 8. The van der Waals surface area contributed by atoms with E-state index in [0.717, 1.165) is 54.6 Å². The summed E-state index contributed by atoms with van der Waals surface area (Å²) in [4.78, 5) is 44.6. The molecule has 3 atom stereocenters. The molecule has 13 rings (SSSR count). The van der Waals surface area contributed by atoms with Crippen molar-refractivity contribution in [3.05, 3.63) is 198 Å². The van der Waals surface area contributed by atoms with Gasteiger partial charge >= 0.3 is 0 Å². The minimum Gasteiger partial charge on any atom is -0.324 e. The zero-order chi connectivity index (χ0) is 44.2. The lowest BCUT2D eigenvalue weighted by Gasteiger charge is -2.19. The molecule has 0 amide bonds. The van der Waals surface area contributed by atoms with Gasteiger partial charge in [-0.05, 0) is 66.6 Å². The number of nitrogens with zero attached hydrogens (tertiary/aromatic N) is 6. The molecule has 7 aromatic heterocycles. The first-order valence-electron chi connectivity index (χ1n) is 21.7. The Morgan fingerprint density at radius 2 is 0.803 bits per heavy atom. The first-order valence-corrected chi connectivity index (χ1v) is 25.2. The standard InChI is InChI=1S/C54H38N8S4/c1-52(40-12-6-28-64-40)21-15-31-32(16-22-52)45-55-44(31)56-46-33-17-23-53(2,41-13-7-29-65-41)24-18-34(33)48(58-46)60-50-38-10-4-9-37(39-11-5-27-63-39)43(38)51(62-50)61-49-36-20-26-54(3,42-14-8-30-66-42)25-19-35(36)47(57-45)59-49/h4-30H,1-3H3,(H2,55,56,57,58,59,60,61,62). The third kappa shape index (κ3) is 6.27. The zero-order valence-electron chi connectivity index (χ0n) is 35.9. The average molecular weight is 927 g/mol. The lowest BCUT2D eigenvalue weighted by molar-refractivity contribution is 0.778. The first-order chi connectivity index (χ1) is 32.2. The maximum absolute atomic E-state index is 5.47. The molecule has 0 saturated carbocycles. The van der Waals surface area contributed by atoms with Crippen molar-refractivity contribution in [1.82, 2.24) is 39.9 Å². The molecule has 66 heavy (non-hydrogen) atoms. The summed E-state index contributed by atoms with van der Waals surface area (Å²) in [5.74, 6) is 2.26. The van der Waals surface area contributed by atoms with Crippen molar-refractivity contribution in [3.63, 3.8) is 0 Å². The topological polar surface area (TPSA) is 109 Å². The number of thiophene rings is 4. The van der Waals surface area contributed by atoms with E-state index in [1.807, 2.05) is 0 Å². The summed E-state index contributed by atoms with van der Waals surface area (Å²) in [5, 5.41) is 10.4. The molecule has 8 bridgehead atoms. The molecule has 0 fully saturated rings. The minimum absolute atomic E-state index is 0.339. The summed E-state index contributed by atoms with van der Waals surface area (Å²) in [5.41, 5.74) is 8.08. The van der Waals surface area contributed by atoms with E-state index in [9.17, 15) is 0 Å². The number of fused-ring (bicyclic) bond motifs is 18. The van der Waals surface area contributed by atoms with Crippen LogP contribution in [0, 0.1) is 0 Å². The van der Waals surface area contributed by atoms with Gasteiger partial charge in [-0.2, -0.15) is 0 Å². The molecular weight excluding hydrogens is 889 g/mol. The Hall–Kier alpha value is -6.96. The molecule has 1 aromatic carbocycles. The third-order valence-corrected chi connectivity index (χ3v) is 17.5. The van der Waals surface area contributed by atoms with Gasteiger partial charge in [-0.1, -0.05) is 115 Å². The van der Waals surface area contributed by atoms with Gasteiger partial charge in [0.1, 0.15) is 22.6 Å². The second kappa shape index (κ2) is 14.8. The lowest BCUT2D eigenvalue weighted by Crippen LogP contribution is -2.13. The molecule has 318 valence electrons. The zero-order valence-corrected chi connectivity index (χ0v) is 39.2. The highest BCUT2D eigenvalue weighted by Gasteiger charge is 2.31. The molecule has 3 aliphatic carbocycles. The van der Waals surface area contributed by atoms with E-state index in [2.05, 4.69) is 192 Å². The maximum atomic E-state index is 5.47. The summed E-state index contributed by atoms with van der Waals surface area (Å²) < 4.78 is 0. The van der Waals surface area contributed by atoms with Crippen LogP contribution in [0.1, 0.15) is 69.8 Å². The molecule has 8 nitrogen and oxygen atoms in total. The molecule has 0 radical (unpaired) electrons. The van der Waals surface area contributed by atoms with Crippen LogP contribution in [0.2, 0.25) is 0 Å². The summed E-state index contributed by atoms with van der Waals surface area (Å²) >= 11 is 6.95. The first kappa shape index (κ1) is 39.4. The fourth-order valence-corrected chi connectivity index (χ4v) is 12.7. The van der Waals surface area contributed by atoms with Crippen molar-refractivity contribution < 1.29 is 0 Å². The second-order valence-electron chi connectivity index (χ2n) is 17.6. The van der Waals surface area contributed by atoms with E-state index in [0.29, 0.717) is 45.9 Å². The van der Waals surface area contributed by atoms with Crippen LogP contribution < -0.4 is 0 Å². The van der Waals surface area contributed by atoms with Crippen LogP contribution in [0.4, 0.5) is 0 Å². The predicted molar refractivity (Wildman–Crippen MR) is 276 cm³/mol. The molecular formula is C54H38N8S4. The number of hydrogen-bond acceptors (Lipinski definition) is 10. The summed E-state index contributed by atoms with van der Waals surface area (Å²) in [6.45, 7) is 6.73. The number of allylic oxidation sites excluding steroid dienone is 14. The van der Waals surface area contributed by atoms with Gasteiger partial charge < -0.3 is 9.97 Å². The van der Waals surface area contributed by atoms with E-state index < -0.39 is 0 Å². The van der Waals surface area contributed by atoms with Crippen LogP contribution in [0.25, 0.3) is 78.2 Å². The number of benzene rings is 1. The third-order valence-electron chi connectivity index (χ3n) is 13.2. The monoisotopic (exact) mass is 926 g/mol. The predicted octanol–water partition coefficient (Wildman–Crippen LogP) is 13.9. The Labute approximate surface area is 396 Å². The fraction of sp³-hybridized carbons (Fsp3) is 0.111. The average Bonchev–Trinajstić information content (AvgIpc) is 4.17. The Morgan fingerprint density at radius 3 is 1.24 bits per heavy atom. The number of aromatic amines is 2. The van der Waals surface area contributed by atoms with Gasteiger partial charge in [0.25, 0.3) is 0 Å². The molecule has 0 spiro atoms. The van der Waals surface area contributed by atoms with Crippen LogP contribution in [0.3, 0.4) is 0 Å². The van der Waals surface area contributed by atoms with Crippen LogP contribution in [0.5, 0.6) is 0 Å². The highest BCUT2D eigenvalue weighted by molar-refractivity contribution is 7.13. The second-order valence-corrected chi connectivity index (χ2v) is 21.4. The molecule has 2 N–H and O–H groups in total. The molecule has 9 heterocycles. The Bertz CT molecular complexity index is 3740. The van der Waals surface area contributed by atoms with Gasteiger partial charge in [-0.25, -0.2) is 29.9 Å². The van der Waals surface area contributed by atoms with Crippen LogP contribution >= 0.6 is 45.3 Å². The fourth-order valence-electron chi connectivity index (χ4n) is 9.37. The molecule has 3 unspecified atom stereocenters. The summed E-state index contributed by atoms with van der Waals surface area (Å²) in [7, 11) is 0. The van der Waals surface area contributed by atoms with E-state index in [4.69, 9.17) is 29.9 Å². The van der Waals surface area contributed by atoms with Gasteiger partial charge in [0.15, 0.2) is 23.3 Å². The molecule has 0 saturated heterocycles.